The van der Waals surface area contributed by atoms with E-state index in [2.05, 4.69) is 10.3 Å². The molecule has 0 atom stereocenters. The van der Waals surface area contributed by atoms with Gasteiger partial charge in [0.1, 0.15) is 0 Å². The molecule has 0 fully saturated rings. The predicted octanol–water partition coefficient (Wildman–Crippen LogP) is 1.33. The molecule has 0 aliphatic carbocycles. The quantitative estimate of drug-likeness (QED) is 0.624. The van der Waals surface area contributed by atoms with Gasteiger partial charge in [-0.1, -0.05) is 11.3 Å². The molecule has 1 heterocycles. The number of H-pyrrole nitrogens is 1. The maximum absolute atomic E-state index is 11.0. The first-order valence-corrected chi connectivity index (χ1v) is 5.97. The van der Waals surface area contributed by atoms with E-state index in [0.29, 0.717) is 23.6 Å². The first-order valence-electron chi connectivity index (χ1n) is 5.09. The van der Waals surface area contributed by atoms with Crippen molar-refractivity contribution in [2.24, 2.45) is 0 Å². The van der Waals surface area contributed by atoms with Crippen molar-refractivity contribution in [3.63, 3.8) is 0 Å². The van der Waals surface area contributed by atoms with E-state index in [9.17, 15) is 9.59 Å². The number of aromatic nitrogens is 1. The summed E-state index contributed by atoms with van der Waals surface area (Å²) in [7, 11) is 0. The molecule has 7 heteroatoms. The normalized spacial score (nSPS) is 10.2. The second-order valence-electron chi connectivity index (χ2n) is 3.64. The van der Waals surface area contributed by atoms with Gasteiger partial charge in [0.25, 0.3) is 0 Å². The van der Waals surface area contributed by atoms with E-state index in [0.717, 1.165) is 11.3 Å². The van der Waals surface area contributed by atoms with Crippen LogP contribution in [0.4, 0.5) is 11.4 Å². The summed E-state index contributed by atoms with van der Waals surface area (Å²) < 4.78 is 0. The molecule has 2 rings (SSSR count). The number of carbonyl (C=O) groups is 1. The van der Waals surface area contributed by atoms with Crippen LogP contribution in [0.5, 0.6) is 0 Å². The largest absolute Gasteiger partial charge is 0.478 e. The summed E-state index contributed by atoms with van der Waals surface area (Å²) in [5.41, 5.74) is 7.35. The first kappa shape index (κ1) is 12.2. The first-order chi connectivity index (χ1) is 8.56. The van der Waals surface area contributed by atoms with Crippen LogP contribution in [0.15, 0.2) is 28.4 Å². The molecule has 0 saturated carbocycles. The van der Waals surface area contributed by atoms with Crippen LogP contribution < -0.4 is 15.9 Å². The van der Waals surface area contributed by atoms with Crippen LogP contribution in [0.3, 0.4) is 0 Å². The standard InChI is InChI=1S/C11H11N3O3S/c12-6-1-2-8(10(15)16)9(3-6)13-4-7-5-18-11(17)14-7/h1-3,5,13H,4,12H2,(H,14,17)(H,15,16). The summed E-state index contributed by atoms with van der Waals surface area (Å²) >= 11 is 1.06. The minimum atomic E-state index is -1.03. The molecule has 0 unspecified atom stereocenters. The van der Waals surface area contributed by atoms with Crippen LogP contribution in [0.2, 0.25) is 0 Å². The van der Waals surface area contributed by atoms with E-state index in [-0.39, 0.29) is 10.4 Å². The number of benzene rings is 1. The second-order valence-corrected chi connectivity index (χ2v) is 4.48. The molecular formula is C11H11N3O3S. The van der Waals surface area contributed by atoms with Crippen molar-refractivity contribution in [2.45, 2.75) is 6.54 Å². The zero-order chi connectivity index (χ0) is 13.1. The third-order valence-electron chi connectivity index (χ3n) is 2.31. The van der Waals surface area contributed by atoms with Crippen molar-refractivity contribution < 1.29 is 9.90 Å². The molecule has 0 amide bonds. The van der Waals surface area contributed by atoms with Crippen molar-refractivity contribution in [3.05, 3.63) is 44.5 Å². The maximum atomic E-state index is 11.0. The number of hydrogen-bond acceptors (Lipinski definition) is 5. The zero-order valence-corrected chi connectivity index (χ0v) is 10.1. The summed E-state index contributed by atoms with van der Waals surface area (Å²) in [6.45, 7) is 0.336. The van der Waals surface area contributed by atoms with Gasteiger partial charge in [-0.3, -0.25) is 4.79 Å². The molecular weight excluding hydrogens is 254 g/mol. The molecule has 0 saturated heterocycles. The van der Waals surface area contributed by atoms with Crippen molar-refractivity contribution in [1.82, 2.24) is 4.98 Å². The molecule has 18 heavy (non-hydrogen) atoms. The fourth-order valence-electron chi connectivity index (χ4n) is 1.49. The Morgan fingerprint density at radius 3 is 2.89 bits per heavy atom. The molecule has 2 aromatic rings. The molecule has 1 aromatic carbocycles. The van der Waals surface area contributed by atoms with Crippen molar-refractivity contribution in [1.29, 1.82) is 0 Å². The smallest absolute Gasteiger partial charge is 0.337 e. The van der Waals surface area contributed by atoms with Gasteiger partial charge in [-0.15, -0.1) is 0 Å². The highest BCUT2D eigenvalue weighted by molar-refractivity contribution is 7.07. The zero-order valence-electron chi connectivity index (χ0n) is 9.27. The van der Waals surface area contributed by atoms with E-state index in [4.69, 9.17) is 10.8 Å². The van der Waals surface area contributed by atoms with Crippen molar-refractivity contribution in [2.75, 3.05) is 11.1 Å². The van der Waals surface area contributed by atoms with E-state index >= 15 is 0 Å². The molecule has 0 radical (unpaired) electrons. The number of nitrogens with one attached hydrogen (secondary N) is 2. The highest BCUT2D eigenvalue weighted by atomic mass is 32.1. The van der Waals surface area contributed by atoms with Gasteiger partial charge < -0.3 is 21.1 Å². The third kappa shape index (κ3) is 2.69. The Balaban J connectivity index is 2.20. The molecule has 6 nitrogen and oxygen atoms in total. The van der Waals surface area contributed by atoms with Crippen LogP contribution in [0, 0.1) is 0 Å². The van der Waals surface area contributed by atoms with Gasteiger partial charge in [0.05, 0.1) is 17.8 Å². The number of nitrogens with two attached hydrogens (primary N) is 1. The predicted molar refractivity (Wildman–Crippen MR) is 70.1 cm³/mol. The molecule has 0 aliphatic heterocycles. The average molecular weight is 265 g/mol. The Labute approximate surface area is 106 Å². The maximum Gasteiger partial charge on any atom is 0.337 e. The SMILES string of the molecule is Nc1ccc(C(=O)O)c(NCc2csc(=O)[nH]2)c1. The van der Waals surface area contributed by atoms with Gasteiger partial charge in [-0.25, -0.2) is 4.79 Å². The van der Waals surface area contributed by atoms with Gasteiger partial charge in [-0.05, 0) is 18.2 Å². The third-order valence-corrected chi connectivity index (χ3v) is 3.03. The minimum Gasteiger partial charge on any atom is -0.478 e. The molecule has 1 aromatic heterocycles. The Morgan fingerprint density at radius 1 is 1.50 bits per heavy atom. The number of hydrogen-bond donors (Lipinski definition) is 4. The van der Waals surface area contributed by atoms with E-state index in [1.165, 1.54) is 12.1 Å². The van der Waals surface area contributed by atoms with Crippen LogP contribution in [0.25, 0.3) is 0 Å². The number of carboxylic acid groups (broad SMARTS) is 1. The number of carboxylic acids is 1. The number of anilines is 2. The average Bonchev–Trinajstić information content (AvgIpc) is 2.72. The molecule has 94 valence electrons. The van der Waals surface area contributed by atoms with Crippen molar-refractivity contribution in [3.8, 4) is 0 Å². The number of aromatic amines is 1. The van der Waals surface area contributed by atoms with E-state index in [1.807, 2.05) is 0 Å². The van der Waals surface area contributed by atoms with Crippen LogP contribution in [0.1, 0.15) is 16.1 Å². The second kappa shape index (κ2) is 4.92. The fourth-order valence-corrected chi connectivity index (χ4v) is 2.07. The van der Waals surface area contributed by atoms with Gasteiger partial charge in [0.15, 0.2) is 0 Å². The minimum absolute atomic E-state index is 0.141. The summed E-state index contributed by atoms with van der Waals surface area (Å²) in [5, 5.41) is 13.6. The summed E-state index contributed by atoms with van der Waals surface area (Å²) in [4.78, 5) is 24.5. The Morgan fingerprint density at radius 2 is 2.28 bits per heavy atom. The summed E-state index contributed by atoms with van der Waals surface area (Å²) in [5.74, 6) is -1.03. The number of aromatic carboxylic acids is 1. The number of thiazole rings is 1. The Hall–Kier alpha value is -2.28. The number of rotatable bonds is 4. The van der Waals surface area contributed by atoms with Crippen molar-refractivity contribution >= 4 is 28.7 Å². The van der Waals surface area contributed by atoms with Gasteiger partial charge in [0.2, 0.25) is 0 Å². The monoisotopic (exact) mass is 265 g/mol. The lowest BCUT2D eigenvalue weighted by Crippen LogP contribution is -2.08. The lowest BCUT2D eigenvalue weighted by molar-refractivity contribution is 0.0698. The fraction of sp³-hybridized carbons (Fsp3) is 0.0909. The van der Waals surface area contributed by atoms with Crippen LogP contribution in [-0.2, 0) is 6.54 Å². The van der Waals surface area contributed by atoms with Gasteiger partial charge in [0, 0.05) is 16.8 Å². The highest BCUT2D eigenvalue weighted by Gasteiger charge is 2.10. The van der Waals surface area contributed by atoms with E-state index < -0.39 is 5.97 Å². The molecule has 0 aliphatic rings. The summed E-state index contributed by atoms with van der Waals surface area (Å²) in [6.07, 6.45) is 0. The van der Waals surface area contributed by atoms with Crippen LogP contribution in [-0.4, -0.2) is 16.1 Å². The number of nitrogen functional groups attached to an aromatic ring is 1. The van der Waals surface area contributed by atoms with Crippen LogP contribution >= 0.6 is 11.3 Å². The Kier molecular flexibility index (Phi) is 3.33. The van der Waals surface area contributed by atoms with Gasteiger partial charge in [-0.2, -0.15) is 0 Å². The van der Waals surface area contributed by atoms with E-state index in [1.54, 1.807) is 11.4 Å². The highest BCUT2D eigenvalue weighted by Crippen LogP contribution is 2.19. The molecule has 0 bridgehead atoms. The van der Waals surface area contributed by atoms with Gasteiger partial charge >= 0.3 is 10.8 Å². The lowest BCUT2D eigenvalue weighted by Gasteiger charge is -2.09. The lowest BCUT2D eigenvalue weighted by atomic mass is 10.1. The topological polar surface area (TPSA) is 108 Å². The molecule has 0 spiro atoms. The summed E-state index contributed by atoms with van der Waals surface area (Å²) in [6, 6.07) is 4.52. The Bertz CT molecular complexity index is 632. The molecule has 5 N–H and O–H groups in total.